The van der Waals surface area contributed by atoms with E-state index < -0.39 is 6.10 Å². The van der Waals surface area contributed by atoms with Crippen LogP contribution in [0.2, 0.25) is 5.02 Å². The lowest BCUT2D eigenvalue weighted by molar-refractivity contribution is 0.0711. The van der Waals surface area contributed by atoms with E-state index in [0.717, 1.165) is 11.8 Å². The molecular weight excluding hydrogens is 248 g/mol. The van der Waals surface area contributed by atoms with Crippen LogP contribution in [-0.2, 0) is 0 Å². The highest BCUT2D eigenvalue weighted by Gasteiger charge is 2.32. The predicted molar refractivity (Wildman–Crippen MR) is 72.7 cm³/mol. The zero-order valence-electron chi connectivity index (χ0n) is 10.4. The van der Waals surface area contributed by atoms with Gasteiger partial charge >= 0.3 is 0 Å². The van der Waals surface area contributed by atoms with Crippen molar-refractivity contribution in [3.63, 3.8) is 0 Å². The highest BCUT2D eigenvalue weighted by Crippen LogP contribution is 2.41. The van der Waals surface area contributed by atoms with Crippen LogP contribution in [0.5, 0.6) is 0 Å². The van der Waals surface area contributed by atoms with E-state index in [4.69, 9.17) is 16.0 Å². The summed E-state index contributed by atoms with van der Waals surface area (Å²) in [5.41, 5.74) is 0.680. The Labute approximate surface area is 112 Å². The lowest BCUT2D eigenvalue weighted by Crippen LogP contribution is -2.14. The molecule has 18 heavy (non-hydrogen) atoms. The third-order valence-electron chi connectivity index (χ3n) is 4.14. The molecule has 0 amide bonds. The first-order valence-electron chi connectivity index (χ1n) is 6.53. The first kappa shape index (κ1) is 12.1. The Morgan fingerprint density at radius 1 is 1.39 bits per heavy atom. The third kappa shape index (κ3) is 1.94. The molecule has 3 unspecified atom stereocenters. The van der Waals surface area contributed by atoms with Gasteiger partial charge in [0.1, 0.15) is 11.9 Å². The summed E-state index contributed by atoms with van der Waals surface area (Å²) in [5.74, 6) is 1.52. The zero-order chi connectivity index (χ0) is 12.7. The van der Waals surface area contributed by atoms with Gasteiger partial charge in [-0.2, -0.15) is 0 Å². The number of hydrogen-bond donors (Lipinski definition) is 1. The molecule has 0 aliphatic heterocycles. The van der Waals surface area contributed by atoms with E-state index in [9.17, 15) is 5.11 Å². The van der Waals surface area contributed by atoms with Crippen molar-refractivity contribution in [2.24, 2.45) is 11.8 Å². The summed E-state index contributed by atoms with van der Waals surface area (Å²) >= 11 is 6.09. The number of fused-ring (bicyclic) bond motifs is 1. The summed E-state index contributed by atoms with van der Waals surface area (Å²) in [4.78, 5) is 0. The summed E-state index contributed by atoms with van der Waals surface area (Å²) in [6.45, 7) is 2.20. The second-order valence-electron chi connectivity index (χ2n) is 5.32. The molecule has 0 saturated heterocycles. The SMILES string of the molecule is CC1CCCC1C(O)c1cc2cccc(Cl)c2o1. The minimum absolute atomic E-state index is 0.310. The Hall–Kier alpha value is -0.990. The van der Waals surface area contributed by atoms with Crippen LogP contribution in [0.15, 0.2) is 28.7 Å². The molecule has 1 aromatic carbocycles. The first-order valence-corrected chi connectivity index (χ1v) is 6.90. The number of halogens is 1. The zero-order valence-corrected chi connectivity index (χ0v) is 11.2. The van der Waals surface area contributed by atoms with Gasteiger partial charge in [-0.05, 0) is 30.4 Å². The van der Waals surface area contributed by atoms with Gasteiger partial charge in [-0.3, -0.25) is 0 Å². The molecule has 1 heterocycles. The molecule has 96 valence electrons. The van der Waals surface area contributed by atoms with E-state index in [0.29, 0.717) is 28.2 Å². The second kappa shape index (κ2) is 4.60. The van der Waals surface area contributed by atoms with Gasteiger partial charge in [0.25, 0.3) is 0 Å². The summed E-state index contributed by atoms with van der Waals surface area (Å²) in [6, 6.07) is 7.58. The molecule has 2 aromatic rings. The minimum Gasteiger partial charge on any atom is -0.457 e. The highest BCUT2D eigenvalue weighted by atomic mass is 35.5. The van der Waals surface area contributed by atoms with Crippen molar-refractivity contribution in [2.45, 2.75) is 32.3 Å². The fourth-order valence-electron chi connectivity index (χ4n) is 3.05. The average Bonchev–Trinajstić information content (AvgIpc) is 2.95. The van der Waals surface area contributed by atoms with Crippen LogP contribution in [0, 0.1) is 11.8 Å². The van der Waals surface area contributed by atoms with Crippen molar-refractivity contribution >= 4 is 22.6 Å². The maximum atomic E-state index is 10.4. The highest BCUT2D eigenvalue weighted by molar-refractivity contribution is 6.34. The van der Waals surface area contributed by atoms with E-state index in [1.807, 2.05) is 24.3 Å². The molecule has 1 N–H and O–H groups in total. The van der Waals surface area contributed by atoms with E-state index in [2.05, 4.69) is 6.92 Å². The Morgan fingerprint density at radius 3 is 2.89 bits per heavy atom. The smallest absolute Gasteiger partial charge is 0.152 e. The van der Waals surface area contributed by atoms with Gasteiger partial charge in [0.15, 0.2) is 5.58 Å². The van der Waals surface area contributed by atoms with Gasteiger partial charge in [0.2, 0.25) is 0 Å². The van der Waals surface area contributed by atoms with E-state index >= 15 is 0 Å². The van der Waals surface area contributed by atoms with Crippen molar-refractivity contribution in [1.29, 1.82) is 0 Å². The first-order chi connectivity index (χ1) is 8.66. The molecule has 1 aromatic heterocycles. The molecule has 0 spiro atoms. The molecule has 3 heteroatoms. The lowest BCUT2D eigenvalue weighted by atomic mass is 9.91. The van der Waals surface area contributed by atoms with Crippen LogP contribution >= 0.6 is 11.6 Å². The topological polar surface area (TPSA) is 33.4 Å². The fourth-order valence-corrected chi connectivity index (χ4v) is 3.27. The van der Waals surface area contributed by atoms with Crippen LogP contribution < -0.4 is 0 Å². The van der Waals surface area contributed by atoms with Crippen LogP contribution in [0.25, 0.3) is 11.0 Å². The number of para-hydroxylation sites is 1. The second-order valence-corrected chi connectivity index (χ2v) is 5.73. The molecule has 1 aliphatic carbocycles. The normalized spacial score (nSPS) is 25.7. The maximum Gasteiger partial charge on any atom is 0.152 e. The van der Waals surface area contributed by atoms with Gasteiger partial charge in [-0.15, -0.1) is 0 Å². The van der Waals surface area contributed by atoms with Crippen molar-refractivity contribution in [1.82, 2.24) is 0 Å². The standard InChI is InChI=1S/C15H17ClO2/c1-9-4-2-6-11(9)14(17)13-8-10-5-3-7-12(16)15(10)18-13/h3,5,7-9,11,14,17H,2,4,6H2,1H3. The molecule has 3 atom stereocenters. The number of benzene rings is 1. The minimum atomic E-state index is -0.508. The number of rotatable bonds is 2. The third-order valence-corrected chi connectivity index (χ3v) is 4.44. The molecular formula is C15H17ClO2. The Balaban J connectivity index is 1.96. The van der Waals surface area contributed by atoms with Crippen LogP contribution in [-0.4, -0.2) is 5.11 Å². The van der Waals surface area contributed by atoms with Gasteiger partial charge < -0.3 is 9.52 Å². The molecule has 0 bridgehead atoms. The fraction of sp³-hybridized carbons (Fsp3) is 0.467. The number of furan rings is 1. The number of aliphatic hydroxyl groups is 1. The molecule has 0 radical (unpaired) electrons. The van der Waals surface area contributed by atoms with Gasteiger partial charge in [0.05, 0.1) is 5.02 Å². The quantitative estimate of drug-likeness (QED) is 0.863. The monoisotopic (exact) mass is 264 g/mol. The Bertz CT molecular complexity index is 561. The van der Waals surface area contributed by atoms with Crippen molar-refractivity contribution in [3.05, 3.63) is 35.0 Å². The van der Waals surface area contributed by atoms with Crippen molar-refractivity contribution in [3.8, 4) is 0 Å². The summed E-state index contributed by atoms with van der Waals surface area (Å²) in [7, 11) is 0. The van der Waals surface area contributed by atoms with E-state index in [1.54, 1.807) is 0 Å². The van der Waals surface area contributed by atoms with Crippen molar-refractivity contribution < 1.29 is 9.52 Å². The van der Waals surface area contributed by atoms with Gasteiger partial charge in [0, 0.05) is 5.39 Å². The molecule has 3 rings (SSSR count). The van der Waals surface area contributed by atoms with E-state index in [-0.39, 0.29) is 0 Å². The molecule has 2 nitrogen and oxygen atoms in total. The van der Waals surface area contributed by atoms with Crippen LogP contribution in [0.1, 0.15) is 38.1 Å². The number of hydrogen-bond acceptors (Lipinski definition) is 2. The molecule has 1 aliphatic rings. The largest absolute Gasteiger partial charge is 0.457 e. The summed E-state index contributed by atoms with van der Waals surface area (Å²) < 4.78 is 5.74. The maximum absolute atomic E-state index is 10.4. The van der Waals surface area contributed by atoms with Crippen molar-refractivity contribution in [2.75, 3.05) is 0 Å². The summed E-state index contributed by atoms with van der Waals surface area (Å²) in [6.07, 6.45) is 2.96. The predicted octanol–water partition coefficient (Wildman–Crippen LogP) is 4.56. The average molecular weight is 265 g/mol. The summed E-state index contributed by atoms with van der Waals surface area (Å²) in [5, 5.41) is 12.0. The molecule has 1 saturated carbocycles. The lowest BCUT2D eigenvalue weighted by Gasteiger charge is -2.20. The molecule has 1 fully saturated rings. The Kier molecular flexibility index (Phi) is 3.08. The van der Waals surface area contributed by atoms with Gasteiger partial charge in [-0.25, -0.2) is 0 Å². The number of aliphatic hydroxyl groups excluding tert-OH is 1. The Morgan fingerprint density at radius 2 is 2.22 bits per heavy atom. The van der Waals surface area contributed by atoms with E-state index in [1.165, 1.54) is 12.8 Å². The van der Waals surface area contributed by atoms with Gasteiger partial charge in [-0.1, -0.05) is 43.5 Å². The van der Waals surface area contributed by atoms with Crippen LogP contribution in [0.3, 0.4) is 0 Å². The van der Waals surface area contributed by atoms with Crippen LogP contribution in [0.4, 0.5) is 0 Å².